The highest BCUT2D eigenvalue weighted by molar-refractivity contribution is 8.00. The van der Waals surface area contributed by atoms with Gasteiger partial charge in [-0.15, -0.1) is 11.8 Å². The lowest BCUT2D eigenvalue weighted by Crippen LogP contribution is -2.54. The van der Waals surface area contributed by atoms with Crippen LogP contribution in [0.5, 0.6) is 0 Å². The van der Waals surface area contributed by atoms with E-state index in [1.807, 2.05) is 0 Å². The van der Waals surface area contributed by atoms with Gasteiger partial charge in [-0.1, -0.05) is 27.7 Å². The van der Waals surface area contributed by atoms with Gasteiger partial charge in [-0.2, -0.15) is 0 Å². The predicted octanol–water partition coefficient (Wildman–Crippen LogP) is 1.12. The van der Waals surface area contributed by atoms with Gasteiger partial charge in [0.1, 0.15) is 12.3 Å². The molecule has 2 rings (SSSR count). The average Bonchev–Trinajstić information content (AvgIpc) is 2.42. The number of fused-ring (bicyclic) bond motifs is 1. The van der Waals surface area contributed by atoms with Gasteiger partial charge >= 0.3 is 12.1 Å². The van der Waals surface area contributed by atoms with Crippen molar-refractivity contribution in [3.05, 3.63) is 11.3 Å². The van der Waals surface area contributed by atoms with Crippen molar-refractivity contribution in [2.45, 2.75) is 51.6 Å². The minimum Gasteiger partial charge on any atom is -0.477 e. The molecule has 0 aliphatic carbocycles. The van der Waals surface area contributed by atoms with Crippen LogP contribution in [-0.2, 0) is 14.3 Å². The Morgan fingerprint density at radius 3 is 2.33 bits per heavy atom. The molecule has 0 aromatic heterocycles. The normalized spacial score (nSPS) is 19.5. The van der Waals surface area contributed by atoms with Gasteiger partial charge in [0, 0.05) is 23.4 Å². The number of carbonyl (C=O) groups is 3. The summed E-state index contributed by atoms with van der Waals surface area (Å²) in [5, 5.41) is 12.3. The molecule has 0 radical (unpaired) electrons. The molecule has 0 aromatic carbocycles. The minimum absolute atomic E-state index is 0.0775. The van der Waals surface area contributed by atoms with E-state index in [1.165, 1.54) is 16.7 Å². The summed E-state index contributed by atoms with van der Waals surface area (Å²) in [5.74, 6) is -0.994. The van der Waals surface area contributed by atoms with Gasteiger partial charge in [-0.05, 0) is 0 Å². The zero-order valence-electron chi connectivity index (χ0n) is 14.4. The molecule has 2 heterocycles. The van der Waals surface area contributed by atoms with Crippen molar-refractivity contribution in [3.63, 3.8) is 0 Å². The summed E-state index contributed by atoms with van der Waals surface area (Å²) in [7, 11) is 0. The number of rotatable bonds is 5. The lowest BCUT2D eigenvalue weighted by Gasteiger charge is -2.43. The Balaban J connectivity index is 0.000000351. The number of carboxylic acids is 1. The number of nitrogens with one attached hydrogen (secondary N) is 1. The number of thioether (sulfide) groups is 1. The molecule has 136 valence electrons. The molecular weight excluding hydrogens is 334 g/mol. The van der Waals surface area contributed by atoms with Crippen molar-refractivity contribution in [1.82, 2.24) is 10.2 Å². The van der Waals surface area contributed by atoms with Crippen LogP contribution in [0.4, 0.5) is 4.79 Å². The quantitative estimate of drug-likeness (QED) is 0.629. The van der Waals surface area contributed by atoms with Crippen LogP contribution in [0.2, 0.25) is 0 Å². The SMILES string of the molecule is CC(C)NC(C)C.NC(=O)OCC1=C(C(=O)O)N2C(=O)CC2SC1. The van der Waals surface area contributed by atoms with Crippen molar-refractivity contribution in [2.24, 2.45) is 5.73 Å². The highest BCUT2D eigenvalue weighted by Gasteiger charge is 2.45. The van der Waals surface area contributed by atoms with Gasteiger partial charge < -0.3 is 20.9 Å². The van der Waals surface area contributed by atoms with Gasteiger partial charge in [-0.3, -0.25) is 9.69 Å². The predicted molar refractivity (Wildman–Crippen MR) is 91.3 cm³/mol. The van der Waals surface area contributed by atoms with Crippen LogP contribution in [-0.4, -0.2) is 57.8 Å². The standard InChI is InChI=1S/C9H10N2O5S.C6H15N/c10-9(15)16-2-4-3-17-6-1-5(12)11(6)7(4)8(13)14;1-5(2)7-6(3)4/h6H,1-3H2,(H2,10,15)(H,13,14);5-7H,1-4H3. The molecule has 1 unspecified atom stereocenters. The van der Waals surface area contributed by atoms with Gasteiger partial charge in [0.25, 0.3) is 0 Å². The van der Waals surface area contributed by atoms with Crippen LogP contribution in [0.3, 0.4) is 0 Å². The van der Waals surface area contributed by atoms with E-state index in [-0.39, 0.29) is 23.6 Å². The lowest BCUT2D eigenvalue weighted by atomic mass is 10.1. The van der Waals surface area contributed by atoms with E-state index in [4.69, 9.17) is 10.8 Å². The Morgan fingerprint density at radius 2 is 1.96 bits per heavy atom. The molecule has 1 fully saturated rings. The van der Waals surface area contributed by atoms with E-state index in [9.17, 15) is 14.4 Å². The van der Waals surface area contributed by atoms with Gasteiger partial charge in [0.15, 0.2) is 0 Å². The lowest BCUT2D eigenvalue weighted by molar-refractivity contribution is -0.146. The van der Waals surface area contributed by atoms with Gasteiger partial charge in [0.05, 0.1) is 11.8 Å². The van der Waals surface area contributed by atoms with E-state index in [0.717, 1.165) is 0 Å². The Kier molecular flexibility index (Phi) is 7.56. The molecule has 2 aliphatic rings. The first-order valence-corrected chi connectivity index (χ1v) is 8.75. The molecular formula is C15H25N3O5S. The van der Waals surface area contributed by atoms with Crippen LogP contribution in [0.25, 0.3) is 0 Å². The van der Waals surface area contributed by atoms with E-state index < -0.39 is 12.1 Å². The molecule has 8 nitrogen and oxygen atoms in total. The number of β-lactam (4-membered cyclic amide) rings is 1. The van der Waals surface area contributed by atoms with Crippen molar-refractivity contribution in [3.8, 4) is 0 Å². The fourth-order valence-electron chi connectivity index (χ4n) is 2.41. The second-order valence-electron chi connectivity index (χ2n) is 6.07. The number of nitrogens with zero attached hydrogens (tertiary/aromatic N) is 1. The molecule has 1 atom stereocenters. The molecule has 0 aromatic rings. The number of carbonyl (C=O) groups excluding carboxylic acids is 2. The first-order valence-electron chi connectivity index (χ1n) is 7.70. The highest BCUT2D eigenvalue weighted by atomic mass is 32.2. The van der Waals surface area contributed by atoms with Crippen LogP contribution in [0.1, 0.15) is 34.1 Å². The zero-order chi connectivity index (χ0) is 18.4. The monoisotopic (exact) mass is 359 g/mol. The number of primary amides is 1. The smallest absolute Gasteiger partial charge is 0.404 e. The summed E-state index contributed by atoms with van der Waals surface area (Å²) < 4.78 is 4.57. The zero-order valence-corrected chi connectivity index (χ0v) is 15.2. The third-order valence-corrected chi connectivity index (χ3v) is 4.47. The molecule has 24 heavy (non-hydrogen) atoms. The Labute approximate surface area is 145 Å². The van der Waals surface area contributed by atoms with Crippen molar-refractivity contribution in [2.75, 3.05) is 12.4 Å². The molecule has 0 saturated carbocycles. The topological polar surface area (TPSA) is 122 Å². The molecule has 2 aliphatic heterocycles. The largest absolute Gasteiger partial charge is 0.477 e. The third-order valence-electron chi connectivity index (χ3n) is 3.19. The van der Waals surface area contributed by atoms with Crippen LogP contribution in [0.15, 0.2) is 11.3 Å². The molecule has 0 spiro atoms. The number of carboxylic acid groups (broad SMARTS) is 1. The first-order chi connectivity index (χ1) is 11.1. The van der Waals surface area contributed by atoms with E-state index >= 15 is 0 Å². The van der Waals surface area contributed by atoms with Crippen molar-refractivity contribution >= 4 is 29.7 Å². The maximum atomic E-state index is 11.3. The first kappa shape index (κ1) is 20.3. The van der Waals surface area contributed by atoms with E-state index in [0.29, 0.717) is 29.8 Å². The van der Waals surface area contributed by atoms with Crippen molar-refractivity contribution in [1.29, 1.82) is 0 Å². The second kappa shape index (κ2) is 8.93. The van der Waals surface area contributed by atoms with Crippen LogP contribution >= 0.6 is 11.8 Å². The molecule has 0 bridgehead atoms. The Bertz CT molecular complexity index is 527. The Hall–Kier alpha value is -1.74. The molecule has 2 amide bonds. The summed E-state index contributed by atoms with van der Waals surface area (Å²) in [6.45, 7) is 8.42. The second-order valence-corrected chi connectivity index (χ2v) is 7.24. The number of aliphatic carboxylic acids is 1. The van der Waals surface area contributed by atoms with Crippen LogP contribution in [0, 0.1) is 0 Å². The number of nitrogens with two attached hydrogens (primary N) is 1. The maximum Gasteiger partial charge on any atom is 0.404 e. The molecule has 1 saturated heterocycles. The number of amides is 2. The van der Waals surface area contributed by atoms with Crippen LogP contribution < -0.4 is 11.1 Å². The van der Waals surface area contributed by atoms with E-state index in [2.05, 4.69) is 37.7 Å². The summed E-state index contributed by atoms with van der Waals surface area (Å²) in [6, 6.07) is 1.25. The average molecular weight is 359 g/mol. The fraction of sp³-hybridized carbons (Fsp3) is 0.667. The Morgan fingerprint density at radius 1 is 1.38 bits per heavy atom. The maximum absolute atomic E-state index is 11.3. The summed E-state index contributed by atoms with van der Waals surface area (Å²) in [6.07, 6.45) is -0.616. The van der Waals surface area contributed by atoms with Gasteiger partial charge in [-0.25, -0.2) is 9.59 Å². The molecule has 9 heteroatoms. The summed E-state index contributed by atoms with van der Waals surface area (Å²) in [5.41, 5.74) is 5.13. The summed E-state index contributed by atoms with van der Waals surface area (Å²) >= 11 is 1.45. The number of hydrogen-bond acceptors (Lipinski definition) is 6. The molecule has 4 N–H and O–H groups in total. The summed E-state index contributed by atoms with van der Waals surface area (Å²) in [4.78, 5) is 34.2. The minimum atomic E-state index is -1.19. The van der Waals surface area contributed by atoms with Crippen molar-refractivity contribution < 1.29 is 24.2 Å². The van der Waals surface area contributed by atoms with Gasteiger partial charge in [0.2, 0.25) is 5.91 Å². The fourth-order valence-corrected chi connectivity index (χ4v) is 3.66. The number of hydrogen-bond donors (Lipinski definition) is 3. The van der Waals surface area contributed by atoms with E-state index in [1.54, 1.807) is 0 Å². The number of ether oxygens (including phenoxy) is 1. The third kappa shape index (κ3) is 5.72. The highest BCUT2D eigenvalue weighted by Crippen LogP contribution is 2.39.